The summed E-state index contributed by atoms with van der Waals surface area (Å²) in [5.41, 5.74) is -0.661. The van der Waals surface area contributed by atoms with Crippen molar-refractivity contribution in [3.05, 3.63) is 12.7 Å². The smallest absolute Gasteiger partial charge is 0.238 e. The van der Waals surface area contributed by atoms with E-state index in [1.54, 1.807) is 13.0 Å². The lowest BCUT2D eigenvalue weighted by atomic mass is 10.1. The van der Waals surface area contributed by atoms with Crippen LogP contribution < -0.4 is 5.32 Å². The van der Waals surface area contributed by atoms with Crippen molar-refractivity contribution in [2.24, 2.45) is 11.8 Å². The SMILES string of the molecule is C=CC1CC1(NC(=O)C1CC(C)CN1C)C(C)=O. The Kier molecular flexibility index (Phi) is 3.32. The predicted octanol–water partition coefficient (Wildman–Crippen LogP) is 0.976. The van der Waals surface area contributed by atoms with E-state index in [4.69, 9.17) is 0 Å². The van der Waals surface area contributed by atoms with E-state index in [-0.39, 0.29) is 23.7 Å². The van der Waals surface area contributed by atoms with Crippen LogP contribution in [0.3, 0.4) is 0 Å². The summed E-state index contributed by atoms with van der Waals surface area (Å²) < 4.78 is 0. The first kappa shape index (κ1) is 13.3. The summed E-state index contributed by atoms with van der Waals surface area (Å²) in [7, 11) is 1.96. The molecule has 2 fully saturated rings. The maximum atomic E-state index is 12.3. The van der Waals surface area contributed by atoms with Crippen molar-refractivity contribution in [3.63, 3.8) is 0 Å². The number of nitrogens with one attached hydrogen (secondary N) is 1. The normalized spacial score (nSPS) is 39.4. The molecule has 0 aromatic heterocycles. The summed E-state index contributed by atoms with van der Waals surface area (Å²) in [5.74, 6) is 0.660. The highest BCUT2D eigenvalue weighted by molar-refractivity contribution is 5.96. The molecule has 1 saturated carbocycles. The van der Waals surface area contributed by atoms with Crippen LogP contribution in [0.4, 0.5) is 0 Å². The van der Waals surface area contributed by atoms with Crippen LogP contribution in [0.15, 0.2) is 12.7 Å². The quantitative estimate of drug-likeness (QED) is 0.757. The summed E-state index contributed by atoms with van der Waals surface area (Å²) in [5, 5.41) is 2.96. The van der Waals surface area contributed by atoms with Gasteiger partial charge in [0.1, 0.15) is 5.54 Å². The molecule has 0 aromatic carbocycles. The average Bonchev–Trinajstić information content (AvgIpc) is 2.90. The Morgan fingerprint density at radius 3 is 2.56 bits per heavy atom. The Hall–Kier alpha value is -1.16. The molecule has 4 nitrogen and oxygen atoms in total. The van der Waals surface area contributed by atoms with Gasteiger partial charge in [0.05, 0.1) is 6.04 Å². The lowest BCUT2D eigenvalue weighted by molar-refractivity contribution is -0.130. The minimum absolute atomic E-state index is 0.0126. The standard InChI is InChI=1S/C14H22N2O2/c1-5-11-7-14(11,10(3)17)15-13(18)12-6-9(2)8-16(12)4/h5,9,11-12H,1,6-8H2,2-4H3,(H,15,18). The van der Waals surface area contributed by atoms with Crippen molar-refractivity contribution in [1.29, 1.82) is 0 Å². The molecule has 18 heavy (non-hydrogen) atoms. The van der Waals surface area contributed by atoms with Crippen LogP contribution >= 0.6 is 0 Å². The summed E-state index contributed by atoms with van der Waals surface area (Å²) >= 11 is 0. The minimum Gasteiger partial charge on any atom is -0.342 e. The number of carbonyl (C=O) groups excluding carboxylic acids is 2. The molecule has 0 radical (unpaired) electrons. The molecule has 1 amide bonds. The van der Waals surface area contributed by atoms with Gasteiger partial charge in [0, 0.05) is 12.5 Å². The van der Waals surface area contributed by atoms with Gasteiger partial charge in [-0.05, 0) is 32.7 Å². The zero-order valence-electron chi connectivity index (χ0n) is 11.4. The third-order valence-corrected chi connectivity index (χ3v) is 4.33. The summed E-state index contributed by atoms with van der Waals surface area (Å²) in [6.07, 6.45) is 3.33. The van der Waals surface area contributed by atoms with E-state index in [0.717, 1.165) is 13.0 Å². The molecule has 4 atom stereocenters. The average molecular weight is 250 g/mol. The first-order valence-corrected chi connectivity index (χ1v) is 6.56. The van der Waals surface area contributed by atoms with Crippen molar-refractivity contribution < 1.29 is 9.59 Å². The summed E-state index contributed by atoms with van der Waals surface area (Å²) in [6.45, 7) is 8.35. The van der Waals surface area contributed by atoms with Gasteiger partial charge < -0.3 is 5.32 Å². The molecule has 1 aliphatic heterocycles. The van der Waals surface area contributed by atoms with E-state index in [9.17, 15) is 9.59 Å². The molecule has 2 rings (SSSR count). The monoisotopic (exact) mass is 250 g/mol. The van der Waals surface area contributed by atoms with Crippen molar-refractivity contribution in [3.8, 4) is 0 Å². The second-order valence-corrected chi connectivity index (χ2v) is 5.86. The lowest BCUT2D eigenvalue weighted by Crippen LogP contribution is -2.50. The van der Waals surface area contributed by atoms with Crippen LogP contribution in [-0.2, 0) is 9.59 Å². The van der Waals surface area contributed by atoms with E-state index in [1.807, 2.05) is 7.05 Å². The fourth-order valence-electron chi connectivity index (χ4n) is 3.07. The molecule has 2 aliphatic rings. The van der Waals surface area contributed by atoms with Crippen LogP contribution in [0, 0.1) is 11.8 Å². The predicted molar refractivity (Wildman–Crippen MR) is 70.1 cm³/mol. The first-order valence-electron chi connectivity index (χ1n) is 6.56. The van der Waals surface area contributed by atoms with Crippen LogP contribution in [0.25, 0.3) is 0 Å². The highest BCUT2D eigenvalue weighted by Gasteiger charge is 2.58. The van der Waals surface area contributed by atoms with Crippen LogP contribution in [0.2, 0.25) is 0 Å². The van der Waals surface area contributed by atoms with Gasteiger partial charge in [-0.1, -0.05) is 13.0 Å². The van der Waals surface area contributed by atoms with Crippen molar-refractivity contribution >= 4 is 11.7 Å². The topological polar surface area (TPSA) is 49.4 Å². The van der Waals surface area contributed by atoms with E-state index >= 15 is 0 Å². The van der Waals surface area contributed by atoms with Gasteiger partial charge in [0.2, 0.25) is 5.91 Å². The van der Waals surface area contributed by atoms with Gasteiger partial charge >= 0.3 is 0 Å². The Morgan fingerprint density at radius 1 is 1.50 bits per heavy atom. The fraction of sp³-hybridized carbons (Fsp3) is 0.714. The fourth-order valence-corrected chi connectivity index (χ4v) is 3.07. The molecule has 0 bridgehead atoms. The molecule has 1 heterocycles. The van der Waals surface area contributed by atoms with E-state index in [0.29, 0.717) is 12.3 Å². The Bertz CT molecular complexity index is 393. The van der Waals surface area contributed by atoms with Gasteiger partial charge in [-0.25, -0.2) is 0 Å². The van der Waals surface area contributed by atoms with E-state index < -0.39 is 5.54 Å². The van der Waals surface area contributed by atoms with Gasteiger partial charge in [-0.15, -0.1) is 6.58 Å². The number of hydrogen-bond acceptors (Lipinski definition) is 3. The molecular formula is C14H22N2O2. The Balaban J connectivity index is 2.03. The van der Waals surface area contributed by atoms with Gasteiger partial charge in [0.25, 0.3) is 0 Å². The number of nitrogens with zero attached hydrogens (tertiary/aromatic N) is 1. The number of likely N-dealkylation sites (N-methyl/N-ethyl adjacent to an activating group) is 1. The Morgan fingerprint density at radius 2 is 2.17 bits per heavy atom. The molecule has 4 heteroatoms. The number of ketones is 1. The molecule has 0 aromatic rings. The molecule has 100 valence electrons. The first-order chi connectivity index (χ1) is 8.40. The lowest BCUT2D eigenvalue weighted by Gasteiger charge is -2.22. The van der Waals surface area contributed by atoms with Crippen molar-refractivity contribution in [2.75, 3.05) is 13.6 Å². The van der Waals surface area contributed by atoms with Crippen molar-refractivity contribution in [1.82, 2.24) is 10.2 Å². The molecular weight excluding hydrogens is 228 g/mol. The number of likely N-dealkylation sites (tertiary alicyclic amines) is 1. The number of hydrogen-bond donors (Lipinski definition) is 1. The highest BCUT2D eigenvalue weighted by Crippen LogP contribution is 2.45. The van der Waals surface area contributed by atoms with Gasteiger partial charge in [-0.2, -0.15) is 0 Å². The summed E-state index contributed by atoms with van der Waals surface area (Å²) in [6, 6.07) is -0.0951. The molecule has 1 N–H and O–H groups in total. The second kappa shape index (κ2) is 4.50. The largest absolute Gasteiger partial charge is 0.342 e. The van der Waals surface area contributed by atoms with Gasteiger partial charge in [0.15, 0.2) is 5.78 Å². The van der Waals surface area contributed by atoms with Crippen molar-refractivity contribution in [2.45, 2.75) is 38.3 Å². The minimum atomic E-state index is -0.661. The summed E-state index contributed by atoms with van der Waals surface area (Å²) in [4.78, 5) is 26.1. The second-order valence-electron chi connectivity index (χ2n) is 5.86. The maximum absolute atomic E-state index is 12.3. The highest BCUT2D eigenvalue weighted by atomic mass is 16.2. The molecule has 4 unspecified atom stereocenters. The number of rotatable bonds is 4. The molecule has 1 saturated heterocycles. The third kappa shape index (κ3) is 2.09. The third-order valence-electron chi connectivity index (χ3n) is 4.33. The van der Waals surface area contributed by atoms with E-state index in [1.165, 1.54) is 0 Å². The van der Waals surface area contributed by atoms with Crippen LogP contribution in [0.5, 0.6) is 0 Å². The van der Waals surface area contributed by atoms with E-state index in [2.05, 4.69) is 23.7 Å². The molecule has 1 aliphatic carbocycles. The number of amides is 1. The zero-order chi connectivity index (χ0) is 13.5. The van der Waals surface area contributed by atoms with Crippen LogP contribution in [0.1, 0.15) is 26.7 Å². The van der Waals surface area contributed by atoms with Gasteiger partial charge in [-0.3, -0.25) is 14.5 Å². The number of Topliss-reactive ketones (excluding diaryl/α,β-unsaturated/α-hetero) is 1. The zero-order valence-corrected chi connectivity index (χ0v) is 11.4. The maximum Gasteiger partial charge on any atom is 0.238 e. The Labute approximate surface area is 108 Å². The van der Waals surface area contributed by atoms with Crippen LogP contribution in [-0.4, -0.2) is 41.8 Å². The molecule has 0 spiro atoms. The number of carbonyl (C=O) groups is 2.